The van der Waals surface area contributed by atoms with Crippen LogP contribution in [0.2, 0.25) is 0 Å². The fraction of sp³-hybridized carbons (Fsp3) is 0.281. The molecular formula is C32H31FN6O2. The van der Waals surface area contributed by atoms with Crippen LogP contribution in [0.25, 0.3) is 11.1 Å². The number of hydrogen-bond acceptors (Lipinski definition) is 6. The van der Waals surface area contributed by atoms with Gasteiger partial charge in [-0.15, -0.1) is 5.73 Å². The molecule has 3 aliphatic rings. The van der Waals surface area contributed by atoms with Gasteiger partial charge in [-0.1, -0.05) is 32.0 Å². The zero-order valence-electron chi connectivity index (χ0n) is 22.9. The first kappa shape index (κ1) is 26.5. The summed E-state index contributed by atoms with van der Waals surface area (Å²) < 4.78 is 14.2. The largest absolute Gasteiger partial charge is 0.369 e. The molecule has 208 valence electrons. The number of allylic oxidation sites excluding steroid dienone is 1. The monoisotopic (exact) mass is 550 g/mol. The van der Waals surface area contributed by atoms with E-state index in [0.717, 1.165) is 48.3 Å². The zero-order valence-corrected chi connectivity index (χ0v) is 22.9. The van der Waals surface area contributed by atoms with Crippen LogP contribution in [0, 0.1) is 11.7 Å². The lowest BCUT2D eigenvalue weighted by Gasteiger charge is -2.26. The quantitative estimate of drug-likeness (QED) is 0.328. The van der Waals surface area contributed by atoms with E-state index in [2.05, 4.69) is 35.2 Å². The smallest absolute Gasteiger partial charge is 0.253 e. The Morgan fingerprint density at radius 1 is 1.10 bits per heavy atom. The molecule has 6 rings (SSSR count). The lowest BCUT2D eigenvalue weighted by molar-refractivity contribution is -0.120. The van der Waals surface area contributed by atoms with Crippen molar-refractivity contribution in [3.8, 4) is 11.1 Å². The molecule has 8 nitrogen and oxygen atoms in total. The second kappa shape index (κ2) is 10.7. The summed E-state index contributed by atoms with van der Waals surface area (Å²) in [6.07, 6.45) is 7.39. The third kappa shape index (κ3) is 5.12. The third-order valence-electron chi connectivity index (χ3n) is 7.82. The number of primary amides is 1. The van der Waals surface area contributed by atoms with Crippen LogP contribution in [0.15, 0.2) is 77.7 Å². The van der Waals surface area contributed by atoms with E-state index in [-0.39, 0.29) is 17.6 Å². The van der Waals surface area contributed by atoms with Gasteiger partial charge in [-0.05, 0) is 66.3 Å². The fourth-order valence-electron chi connectivity index (χ4n) is 5.72. The minimum absolute atomic E-state index is 0.00874. The van der Waals surface area contributed by atoms with Crippen LogP contribution in [-0.4, -0.2) is 45.8 Å². The van der Waals surface area contributed by atoms with Crippen molar-refractivity contribution in [2.75, 3.05) is 23.7 Å². The molecule has 4 N–H and O–H groups in total. The highest BCUT2D eigenvalue weighted by atomic mass is 19.1. The Kier molecular flexibility index (Phi) is 6.89. The standard InChI is InChI=1S/C32H31FN6O2/c1-18(2)24-11-10-22(31(41)39-12-3-4-13-39)16-26(24)36-32-35-17-25(19-6-5-7-23(33)15-19)30(38-32)37-28-21-9-8-20(14-21)27(28)29(34)40/h5-11,15-18,27-28H,3-4,12-13H2,1-2H3,(H2,34,40)(H2,35,36,37,38)/t27-,28+/m0/s1. The van der Waals surface area contributed by atoms with Gasteiger partial charge in [-0.25, -0.2) is 9.37 Å². The first-order chi connectivity index (χ1) is 19.8. The molecule has 1 aliphatic heterocycles. The first-order valence-corrected chi connectivity index (χ1v) is 13.9. The molecule has 2 amide bonds. The minimum atomic E-state index is -0.595. The zero-order chi connectivity index (χ0) is 28.7. The van der Waals surface area contributed by atoms with Crippen LogP contribution >= 0.6 is 0 Å². The van der Waals surface area contributed by atoms with Gasteiger partial charge in [0.2, 0.25) is 11.9 Å². The number of likely N-dealkylation sites (tertiary alicyclic amines) is 1. The minimum Gasteiger partial charge on any atom is -0.369 e. The van der Waals surface area contributed by atoms with Crippen LogP contribution in [0.3, 0.4) is 0 Å². The van der Waals surface area contributed by atoms with Crippen LogP contribution in [0.1, 0.15) is 48.5 Å². The van der Waals surface area contributed by atoms with Gasteiger partial charge in [0, 0.05) is 47.2 Å². The highest BCUT2D eigenvalue weighted by molar-refractivity contribution is 5.96. The van der Waals surface area contributed by atoms with E-state index in [1.54, 1.807) is 18.3 Å². The average Bonchev–Trinajstić information content (AvgIpc) is 3.71. The molecule has 2 atom stereocenters. The molecule has 1 fully saturated rings. The van der Waals surface area contributed by atoms with Gasteiger partial charge in [0.25, 0.3) is 5.91 Å². The van der Waals surface area contributed by atoms with Gasteiger partial charge in [-0.3, -0.25) is 9.59 Å². The molecule has 0 spiro atoms. The van der Waals surface area contributed by atoms with Crippen molar-refractivity contribution in [2.24, 2.45) is 11.7 Å². The molecule has 2 aliphatic carbocycles. The van der Waals surface area contributed by atoms with Crippen molar-refractivity contribution >= 4 is 29.3 Å². The molecule has 0 radical (unpaired) electrons. The summed E-state index contributed by atoms with van der Waals surface area (Å²) in [5.74, 6) is -0.562. The number of benzene rings is 2. The van der Waals surface area contributed by atoms with E-state index < -0.39 is 17.9 Å². The number of aromatic nitrogens is 2. The second-order valence-corrected chi connectivity index (χ2v) is 10.9. The first-order valence-electron chi connectivity index (χ1n) is 13.9. The Balaban J connectivity index is 1.37. The van der Waals surface area contributed by atoms with Crippen molar-refractivity contribution in [1.82, 2.24) is 14.9 Å². The number of amides is 2. The third-order valence-corrected chi connectivity index (χ3v) is 7.82. The fourth-order valence-corrected chi connectivity index (χ4v) is 5.72. The summed E-state index contributed by atoms with van der Waals surface area (Å²) in [5, 5.41) is 6.70. The number of carbonyl (C=O) groups is 2. The Labute approximate surface area is 237 Å². The normalized spacial score (nSPS) is 19.0. The summed E-state index contributed by atoms with van der Waals surface area (Å²) in [4.78, 5) is 36.7. The molecular weight excluding hydrogens is 519 g/mol. The molecule has 0 saturated carbocycles. The maximum absolute atomic E-state index is 14.2. The van der Waals surface area contributed by atoms with Crippen molar-refractivity contribution < 1.29 is 14.0 Å². The van der Waals surface area contributed by atoms with E-state index in [9.17, 15) is 14.0 Å². The van der Waals surface area contributed by atoms with Crippen LogP contribution in [0.4, 0.5) is 21.8 Å². The lowest BCUT2D eigenvalue weighted by Crippen LogP contribution is -2.39. The Hall–Kier alpha value is -4.75. The van der Waals surface area contributed by atoms with Gasteiger partial charge in [-0.2, -0.15) is 4.98 Å². The predicted molar refractivity (Wildman–Crippen MR) is 156 cm³/mol. The van der Waals surface area contributed by atoms with Crippen molar-refractivity contribution in [2.45, 2.75) is 38.6 Å². The lowest BCUT2D eigenvalue weighted by atomic mass is 9.88. The highest BCUT2D eigenvalue weighted by Gasteiger charge is 2.39. The topological polar surface area (TPSA) is 113 Å². The SMILES string of the molecule is CC(C)c1ccc(C(=O)N2CCCC2)cc1Nc1ncc(-c2cccc(F)c2)c(N[C@@H]2C3=C=C(C=C3)[C@@H]2C(N)=O)n1. The van der Waals surface area contributed by atoms with Crippen LogP contribution < -0.4 is 16.4 Å². The molecule has 3 aromatic rings. The van der Waals surface area contributed by atoms with Crippen LogP contribution in [0.5, 0.6) is 0 Å². The van der Waals surface area contributed by atoms with Gasteiger partial charge >= 0.3 is 0 Å². The number of rotatable bonds is 8. The van der Waals surface area contributed by atoms with Crippen molar-refractivity contribution in [3.05, 3.63) is 94.6 Å². The van der Waals surface area contributed by atoms with E-state index in [1.165, 1.54) is 12.1 Å². The van der Waals surface area contributed by atoms with E-state index in [1.807, 2.05) is 35.3 Å². The van der Waals surface area contributed by atoms with Crippen molar-refractivity contribution in [3.63, 3.8) is 0 Å². The molecule has 2 heterocycles. The number of nitrogens with zero attached hydrogens (tertiary/aromatic N) is 3. The number of carbonyl (C=O) groups excluding carboxylic acids is 2. The van der Waals surface area contributed by atoms with Gasteiger partial charge in [0.05, 0.1) is 12.0 Å². The Morgan fingerprint density at radius 3 is 2.61 bits per heavy atom. The number of nitrogens with two attached hydrogens (primary N) is 1. The van der Waals surface area contributed by atoms with E-state index in [4.69, 9.17) is 10.7 Å². The summed E-state index contributed by atoms with van der Waals surface area (Å²) in [6, 6.07) is 11.4. The molecule has 2 bridgehead atoms. The summed E-state index contributed by atoms with van der Waals surface area (Å²) in [5.41, 5.74) is 14.0. The maximum Gasteiger partial charge on any atom is 0.253 e. The van der Waals surface area contributed by atoms with Gasteiger partial charge in [0.1, 0.15) is 11.6 Å². The van der Waals surface area contributed by atoms with Crippen molar-refractivity contribution in [1.29, 1.82) is 0 Å². The molecule has 2 aromatic carbocycles. The summed E-state index contributed by atoms with van der Waals surface area (Å²) in [6.45, 7) is 5.70. The number of anilines is 3. The molecule has 41 heavy (non-hydrogen) atoms. The van der Waals surface area contributed by atoms with E-state index >= 15 is 0 Å². The Bertz CT molecular complexity index is 1650. The molecule has 0 unspecified atom stereocenters. The molecule has 1 aromatic heterocycles. The maximum atomic E-state index is 14.2. The van der Waals surface area contributed by atoms with Crippen LogP contribution in [-0.2, 0) is 4.79 Å². The number of hydrogen-bond donors (Lipinski definition) is 3. The number of halogens is 1. The Morgan fingerprint density at radius 2 is 1.88 bits per heavy atom. The number of nitrogens with one attached hydrogen (secondary N) is 2. The van der Waals surface area contributed by atoms with Gasteiger partial charge < -0.3 is 21.3 Å². The highest BCUT2D eigenvalue weighted by Crippen LogP contribution is 2.38. The van der Waals surface area contributed by atoms with E-state index in [0.29, 0.717) is 28.5 Å². The van der Waals surface area contributed by atoms with Gasteiger partial charge in [0.15, 0.2) is 0 Å². The molecule has 1 saturated heterocycles. The summed E-state index contributed by atoms with van der Waals surface area (Å²) in [7, 11) is 0. The summed E-state index contributed by atoms with van der Waals surface area (Å²) >= 11 is 0. The molecule has 9 heteroatoms. The predicted octanol–water partition coefficient (Wildman–Crippen LogP) is 5.30. The average molecular weight is 551 g/mol. The second-order valence-electron chi connectivity index (χ2n) is 10.9.